The number of benzene rings is 1. The summed E-state index contributed by atoms with van der Waals surface area (Å²) in [6, 6.07) is 7.53. The minimum Gasteiger partial charge on any atom is -0.375 e. The molecule has 0 bridgehead atoms. The molecule has 2 aromatic rings. The lowest BCUT2D eigenvalue weighted by Crippen LogP contribution is -2.56. The standard InChI is InChI=1S/C16H19FN4O2/c1-11-15(16(18)22)20(8-9-23-11)10-13-6-7-21(19-13)14-4-2-12(17)3-5-14/h2-7,11,15H,8-10H2,1H3,(H2,18,22)/t11-,15+/m1/s1. The predicted octanol–water partition coefficient (Wildman–Crippen LogP) is 1.09. The van der Waals surface area contributed by atoms with Crippen LogP contribution in [0.1, 0.15) is 12.6 Å². The zero-order valence-corrected chi connectivity index (χ0v) is 12.9. The Kier molecular flexibility index (Phi) is 4.40. The molecule has 1 saturated heterocycles. The third-order valence-electron chi connectivity index (χ3n) is 3.99. The molecule has 1 fully saturated rings. The van der Waals surface area contributed by atoms with E-state index in [2.05, 4.69) is 5.10 Å². The summed E-state index contributed by atoms with van der Waals surface area (Å²) < 4.78 is 20.2. The molecule has 1 aliphatic heterocycles. The maximum absolute atomic E-state index is 13.0. The number of morpholine rings is 1. The molecule has 2 atom stereocenters. The predicted molar refractivity (Wildman–Crippen MR) is 82.3 cm³/mol. The number of rotatable bonds is 4. The summed E-state index contributed by atoms with van der Waals surface area (Å²) in [6.45, 7) is 3.54. The molecule has 2 N–H and O–H groups in total. The molecule has 3 rings (SSSR count). The monoisotopic (exact) mass is 318 g/mol. The number of halogens is 1. The lowest BCUT2D eigenvalue weighted by atomic mass is 10.1. The molecule has 0 aliphatic carbocycles. The Balaban J connectivity index is 1.75. The Labute approximate surface area is 133 Å². The SMILES string of the molecule is C[C@H]1OCCN(Cc2ccn(-c3ccc(F)cc3)n2)[C@@H]1C(N)=O. The van der Waals surface area contributed by atoms with Gasteiger partial charge in [0.2, 0.25) is 5.91 Å². The quantitative estimate of drug-likeness (QED) is 0.916. The van der Waals surface area contributed by atoms with E-state index in [9.17, 15) is 9.18 Å². The fourth-order valence-electron chi connectivity index (χ4n) is 2.86. The van der Waals surface area contributed by atoms with Gasteiger partial charge in [0, 0.05) is 19.3 Å². The number of carbonyl (C=O) groups excluding carboxylic acids is 1. The van der Waals surface area contributed by atoms with E-state index in [0.717, 1.165) is 11.4 Å². The molecule has 6 nitrogen and oxygen atoms in total. The second kappa shape index (κ2) is 6.47. The van der Waals surface area contributed by atoms with Crippen LogP contribution in [-0.4, -0.2) is 45.9 Å². The maximum Gasteiger partial charge on any atom is 0.237 e. The summed E-state index contributed by atoms with van der Waals surface area (Å²) in [4.78, 5) is 13.6. The average Bonchev–Trinajstić information content (AvgIpc) is 2.96. The molecule has 23 heavy (non-hydrogen) atoms. The highest BCUT2D eigenvalue weighted by Gasteiger charge is 2.33. The van der Waals surface area contributed by atoms with E-state index < -0.39 is 11.9 Å². The normalized spacial score (nSPS) is 22.2. The van der Waals surface area contributed by atoms with Crippen LogP contribution in [0.2, 0.25) is 0 Å². The molecule has 7 heteroatoms. The van der Waals surface area contributed by atoms with E-state index in [1.54, 1.807) is 16.8 Å². The largest absolute Gasteiger partial charge is 0.375 e. The molecule has 1 amide bonds. The van der Waals surface area contributed by atoms with E-state index in [0.29, 0.717) is 19.7 Å². The highest BCUT2D eigenvalue weighted by atomic mass is 19.1. The Morgan fingerprint density at radius 1 is 1.39 bits per heavy atom. The smallest absolute Gasteiger partial charge is 0.237 e. The van der Waals surface area contributed by atoms with Gasteiger partial charge < -0.3 is 10.5 Å². The Morgan fingerprint density at radius 2 is 2.13 bits per heavy atom. The third-order valence-corrected chi connectivity index (χ3v) is 3.99. The van der Waals surface area contributed by atoms with Gasteiger partial charge in [0.25, 0.3) is 0 Å². The van der Waals surface area contributed by atoms with Crippen molar-refractivity contribution in [2.45, 2.75) is 25.6 Å². The third kappa shape index (κ3) is 3.40. The van der Waals surface area contributed by atoms with Gasteiger partial charge >= 0.3 is 0 Å². The zero-order valence-electron chi connectivity index (χ0n) is 12.9. The Morgan fingerprint density at radius 3 is 2.83 bits per heavy atom. The molecular weight excluding hydrogens is 299 g/mol. The molecule has 122 valence electrons. The molecule has 1 aromatic carbocycles. The van der Waals surface area contributed by atoms with Crippen LogP contribution in [-0.2, 0) is 16.1 Å². The number of primary amides is 1. The van der Waals surface area contributed by atoms with Crippen molar-refractivity contribution in [2.75, 3.05) is 13.2 Å². The maximum atomic E-state index is 13.0. The van der Waals surface area contributed by atoms with Crippen LogP contribution in [0.3, 0.4) is 0 Å². The number of nitrogens with zero attached hydrogens (tertiary/aromatic N) is 3. The second-order valence-corrected chi connectivity index (χ2v) is 5.62. The van der Waals surface area contributed by atoms with Gasteiger partial charge in [-0.2, -0.15) is 5.10 Å². The van der Waals surface area contributed by atoms with Crippen molar-refractivity contribution in [3.8, 4) is 5.69 Å². The highest BCUT2D eigenvalue weighted by Crippen LogP contribution is 2.17. The summed E-state index contributed by atoms with van der Waals surface area (Å²) in [5, 5.41) is 4.48. The minimum atomic E-state index is -0.459. The van der Waals surface area contributed by atoms with E-state index in [4.69, 9.17) is 10.5 Å². The highest BCUT2D eigenvalue weighted by molar-refractivity contribution is 5.80. The van der Waals surface area contributed by atoms with Gasteiger partial charge in [-0.05, 0) is 37.3 Å². The van der Waals surface area contributed by atoms with Gasteiger partial charge in [0.15, 0.2) is 0 Å². The van der Waals surface area contributed by atoms with Crippen LogP contribution in [0.15, 0.2) is 36.5 Å². The minimum absolute atomic E-state index is 0.236. The summed E-state index contributed by atoms with van der Waals surface area (Å²) >= 11 is 0. The molecule has 0 radical (unpaired) electrons. The average molecular weight is 318 g/mol. The number of aromatic nitrogens is 2. The van der Waals surface area contributed by atoms with Crippen LogP contribution in [0.25, 0.3) is 5.69 Å². The number of nitrogens with two attached hydrogens (primary N) is 1. The molecule has 1 aromatic heterocycles. The zero-order chi connectivity index (χ0) is 16.4. The first-order chi connectivity index (χ1) is 11.0. The number of amides is 1. The van der Waals surface area contributed by atoms with Crippen molar-refractivity contribution < 1.29 is 13.9 Å². The van der Waals surface area contributed by atoms with E-state index in [1.807, 2.05) is 24.1 Å². The number of ether oxygens (including phenoxy) is 1. The van der Waals surface area contributed by atoms with Crippen LogP contribution < -0.4 is 5.73 Å². The van der Waals surface area contributed by atoms with Crippen molar-refractivity contribution in [2.24, 2.45) is 5.73 Å². The molecule has 0 unspecified atom stereocenters. The van der Waals surface area contributed by atoms with Crippen LogP contribution in [0.4, 0.5) is 4.39 Å². The number of hydrogen-bond donors (Lipinski definition) is 1. The van der Waals surface area contributed by atoms with Crippen molar-refractivity contribution in [1.82, 2.24) is 14.7 Å². The lowest BCUT2D eigenvalue weighted by Gasteiger charge is -2.37. The molecule has 1 aliphatic rings. The van der Waals surface area contributed by atoms with E-state index in [-0.39, 0.29) is 11.9 Å². The van der Waals surface area contributed by atoms with Gasteiger partial charge in [0.05, 0.1) is 24.1 Å². The summed E-state index contributed by atoms with van der Waals surface area (Å²) in [6.07, 6.45) is 1.58. The second-order valence-electron chi connectivity index (χ2n) is 5.62. The van der Waals surface area contributed by atoms with Crippen LogP contribution in [0.5, 0.6) is 0 Å². The Hall–Kier alpha value is -2.25. The van der Waals surface area contributed by atoms with E-state index >= 15 is 0 Å². The fourth-order valence-corrected chi connectivity index (χ4v) is 2.86. The lowest BCUT2D eigenvalue weighted by molar-refractivity contribution is -0.136. The summed E-state index contributed by atoms with van der Waals surface area (Å²) in [5.41, 5.74) is 7.08. The van der Waals surface area contributed by atoms with Gasteiger partial charge in [-0.1, -0.05) is 0 Å². The fraction of sp³-hybridized carbons (Fsp3) is 0.375. The first-order valence-corrected chi connectivity index (χ1v) is 7.50. The van der Waals surface area contributed by atoms with Crippen molar-refractivity contribution in [3.63, 3.8) is 0 Å². The molecule has 2 heterocycles. The number of hydrogen-bond acceptors (Lipinski definition) is 4. The first-order valence-electron chi connectivity index (χ1n) is 7.50. The summed E-state index contributed by atoms with van der Waals surface area (Å²) in [5.74, 6) is -0.678. The van der Waals surface area contributed by atoms with Gasteiger partial charge in [0.1, 0.15) is 11.9 Å². The molecule has 0 spiro atoms. The van der Waals surface area contributed by atoms with Crippen LogP contribution in [0, 0.1) is 5.82 Å². The van der Waals surface area contributed by atoms with Crippen molar-refractivity contribution >= 4 is 5.91 Å². The van der Waals surface area contributed by atoms with Gasteiger partial charge in [-0.25, -0.2) is 9.07 Å². The van der Waals surface area contributed by atoms with Gasteiger partial charge in [-0.3, -0.25) is 9.69 Å². The van der Waals surface area contributed by atoms with Crippen molar-refractivity contribution in [3.05, 3.63) is 48.0 Å². The van der Waals surface area contributed by atoms with E-state index in [1.165, 1.54) is 12.1 Å². The van der Waals surface area contributed by atoms with Crippen molar-refractivity contribution in [1.29, 1.82) is 0 Å². The first kappa shape index (κ1) is 15.6. The number of carbonyl (C=O) groups is 1. The van der Waals surface area contributed by atoms with Crippen LogP contribution >= 0.6 is 0 Å². The summed E-state index contributed by atoms with van der Waals surface area (Å²) in [7, 11) is 0. The van der Waals surface area contributed by atoms with Gasteiger partial charge in [-0.15, -0.1) is 0 Å². The molecular formula is C16H19FN4O2. The Bertz CT molecular complexity index is 686. The molecule has 0 saturated carbocycles. The topological polar surface area (TPSA) is 73.4 Å².